The maximum Gasteiger partial charge on any atom is 0.304 e. The molecule has 15 heavy (non-hydrogen) atoms. The van der Waals surface area contributed by atoms with Gasteiger partial charge in [-0.2, -0.15) is 0 Å². The van der Waals surface area contributed by atoms with Gasteiger partial charge >= 0.3 is 5.97 Å². The van der Waals surface area contributed by atoms with Gasteiger partial charge in [0.1, 0.15) is 6.10 Å². The van der Waals surface area contributed by atoms with E-state index in [0.29, 0.717) is 13.0 Å². The molecule has 2 rings (SSSR count). The molecule has 3 atom stereocenters. The molecule has 2 heterocycles. The van der Waals surface area contributed by atoms with Gasteiger partial charge in [0.25, 0.3) is 0 Å². The lowest BCUT2D eigenvalue weighted by Gasteiger charge is -2.40. The van der Waals surface area contributed by atoms with Crippen LogP contribution in [-0.2, 0) is 19.1 Å². The number of hydrogen-bond donors (Lipinski definition) is 0. The minimum atomic E-state index is -0.545. The van der Waals surface area contributed by atoms with Crippen molar-refractivity contribution in [2.75, 3.05) is 6.61 Å². The molecule has 2 aliphatic heterocycles. The Kier molecular flexibility index (Phi) is 2.65. The van der Waals surface area contributed by atoms with E-state index >= 15 is 0 Å². The van der Waals surface area contributed by atoms with E-state index in [1.54, 1.807) is 4.90 Å². The summed E-state index contributed by atoms with van der Waals surface area (Å²) in [6.45, 7) is 3.71. The largest absolute Gasteiger partial charge is 0.439 e. The molecular weight excluding hydrogens is 198 g/mol. The van der Waals surface area contributed by atoms with Crippen molar-refractivity contribution in [3.63, 3.8) is 0 Å². The van der Waals surface area contributed by atoms with Crippen LogP contribution in [-0.4, -0.2) is 41.8 Å². The fraction of sp³-hybridized carbons (Fsp3) is 0.800. The van der Waals surface area contributed by atoms with Crippen molar-refractivity contribution in [2.45, 2.75) is 45.1 Å². The third-order valence-corrected chi connectivity index (χ3v) is 2.89. The molecule has 2 saturated heterocycles. The molecule has 0 saturated carbocycles. The molecule has 0 N–H and O–H groups in total. The molecule has 0 bridgehead atoms. The maximum atomic E-state index is 11.6. The number of morpholine rings is 1. The minimum Gasteiger partial charge on any atom is -0.439 e. The highest BCUT2D eigenvalue weighted by atomic mass is 16.6. The van der Waals surface area contributed by atoms with Crippen LogP contribution in [0.25, 0.3) is 0 Å². The highest BCUT2D eigenvalue weighted by molar-refractivity contribution is 5.79. The first kappa shape index (κ1) is 10.4. The molecule has 1 amide bonds. The Balaban J connectivity index is 2.15. The summed E-state index contributed by atoms with van der Waals surface area (Å²) in [5, 5.41) is 0. The van der Waals surface area contributed by atoms with E-state index in [0.717, 1.165) is 6.42 Å². The molecule has 0 aromatic rings. The molecule has 1 unspecified atom stereocenters. The molecule has 0 aromatic carbocycles. The quantitative estimate of drug-likeness (QED) is 0.587. The number of ether oxygens (including phenoxy) is 2. The first-order valence-corrected chi connectivity index (χ1v) is 5.19. The number of amides is 1. The summed E-state index contributed by atoms with van der Waals surface area (Å²) in [5.74, 6) is -0.322. The zero-order chi connectivity index (χ0) is 11.0. The van der Waals surface area contributed by atoms with E-state index < -0.39 is 6.23 Å². The van der Waals surface area contributed by atoms with Crippen LogP contribution in [0.4, 0.5) is 0 Å². The summed E-state index contributed by atoms with van der Waals surface area (Å²) >= 11 is 0. The monoisotopic (exact) mass is 213 g/mol. The van der Waals surface area contributed by atoms with Crippen molar-refractivity contribution >= 4 is 11.9 Å². The number of nitrogens with zero attached hydrogens (tertiary/aromatic N) is 1. The summed E-state index contributed by atoms with van der Waals surface area (Å²) in [6, 6.07) is 0.0815. The molecule has 5 nitrogen and oxygen atoms in total. The summed E-state index contributed by atoms with van der Waals surface area (Å²) < 4.78 is 10.6. The van der Waals surface area contributed by atoms with Gasteiger partial charge in [-0.1, -0.05) is 0 Å². The van der Waals surface area contributed by atoms with Crippen molar-refractivity contribution < 1.29 is 19.1 Å². The summed E-state index contributed by atoms with van der Waals surface area (Å²) in [4.78, 5) is 24.2. The molecule has 2 aliphatic rings. The normalized spacial score (nSPS) is 35.2. The minimum absolute atomic E-state index is 0.0569. The first-order chi connectivity index (χ1) is 7.09. The Morgan fingerprint density at radius 1 is 1.60 bits per heavy atom. The third-order valence-electron chi connectivity index (χ3n) is 2.89. The number of rotatable bonds is 1. The number of carbonyl (C=O) groups is 2. The molecule has 0 spiro atoms. The Morgan fingerprint density at radius 3 is 3.00 bits per heavy atom. The molecule has 2 fully saturated rings. The predicted octanol–water partition coefficient (Wildman–Crippen LogP) is 0.285. The van der Waals surface area contributed by atoms with Gasteiger partial charge in [0, 0.05) is 13.3 Å². The second-order valence-corrected chi connectivity index (χ2v) is 4.03. The molecule has 84 valence electrons. The van der Waals surface area contributed by atoms with E-state index in [2.05, 4.69) is 0 Å². The van der Waals surface area contributed by atoms with Gasteiger partial charge in [0.2, 0.25) is 12.1 Å². The van der Waals surface area contributed by atoms with Crippen LogP contribution in [0.3, 0.4) is 0 Å². The van der Waals surface area contributed by atoms with Crippen LogP contribution in [0.2, 0.25) is 0 Å². The number of esters is 1. The standard InChI is InChI=1S/C10H15NO4/c1-6-10(15-7(2)12)11-8(5-14-6)3-4-9(11)13/h6,8,10H,3-5H2,1-2H3/t6-,8?,10-/m0/s1. The summed E-state index contributed by atoms with van der Waals surface area (Å²) in [7, 11) is 0. The van der Waals surface area contributed by atoms with Gasteiger partial charge in [0.05, 0.1) is 12.6 Å². The van der Waals surface area contributed by atoms with Gasteiger partial charge in [-0.25, -0.2) is 0 Å². The number of fused-ring (bicyclic) bond motifs is 1. The SMILES string of the molecule is CC(=O)O[C@H]1[C@H](C)OCC2CCC(=O)N21. The van der Waals surface area contributed by atoms with Crippen molar-refractivity contribution in [3.8, 4) is 0 Å². The smallest absolute Gasteiger partial charge is 0.304 e. The van der Waals surface area contributed by atoms with Crippen molar-refractivity contribution in [1.82, 2.24) is 4.90 Å². The predicted molar refractivity (Wildman–Crippen MR) is 50.8 cm³/mol. The topological polar surface area (TPSA) is 55.8 Å². The van der Waals surface area contributed by atoms with Crippen LogP contribution >= 0.6 is 0 Å². The third kappa shape index (κ3) is 1.84. The molecule has 5 heteroatoms. The Labute approximate surface area is 88.3 Å². The maximum absolute atomic E-state index is 11.6. The van der Waals surface area contributed by atoms with Crippen LogP contribution in [0.15, 0.2) is 0 Å². The molecule has 0 aromatic heterocycles. The van der Waals surface area contributed by atoms with Gasteiger partial charge in [-0.15, -0.1) is 0 Å². The lowest BCUT2D eigenvalue weighted by Crippen LogP contribution is -2.56. The van der Waals surface area contributed by atoms with Crippen molar-refractivity contribution in [1.29, 1.82) is 0 Å². The number of hydrogen-bond acceptors (Lipinski definition) is 4. The Hall–Kier alpha value is -1.10. The molecule has 0 radical (unpaired) electrons. The van der Waals surface area contributed by atoms with E-state index in [1.165, 1.54) is 6.92 Å². The second-order valence-electron chi connectivity index (χ2n) is 4.03. The van der Waals surface area contributed by atoms with Crippen LogP contribution in [0, 0.1) is 0 Å². The second kappa shape index (κ2) is 3.81. The zero-order valence-corrected chi connectivity index (χ0v) is 8.93. The fourth-order valence-corrected chi connectivity index (χ4v) is 2.17. The van der Waals surface area contributed by atoms with Crippen LogP contribution in [0.5, 0.6) is 0 Å². The van der Waals surface area contributed by atoms with Gasteiger partial charge in [0.15, 0.2) is 0 Å². The highest BCUT2D eigenvalue weighted by Crippen LogP contribution is 2.29. The van der Waals surface area contributed by atoms with Crippen molar-refractivity contribution in [3.05, 3.63) is 0 Å². The van der Waals surface area contributed by atoms with E-state index in [4.69, 9.17) is 9.47 Å². The average Bonchev–Trinajstić information content (AvgIpc) is 2.52. The average molecular weight is 213 g/mol. The number of carbonyl (C=O) groups excluding carboxylic acids is 2. The van der Waals surface area contributed by atoms with Crippen molar-refractivity contribution in [2.24, 2.45) is 0 Å². The van der Waals surface area contributed by atoms with Gasteiger partial charge in [-0.05, 0) is 13.3 Å². The summed E-state index contributed by atoms with van der Waals surface area (Å²) in [5.41, 5.74) is 0. The van der Waals surface area contributed by atoms with Crippen LogP contribution in [0.1, 0.15) is 26.7 Å². The molecule has 0 aliphatic carbocycles. The molecular formula is C10H15NO4. The van der Waals surface area contributed by atoms with E-state index in [1.807, 2.05) is 6.92 Å². The first-order valence-electron chi connectivity index (χ1n) is 5.19. The summed E-state index contributed by atoms with van der Waals surface area (Å²) in [6.07, 6.45) is 0.533. The Bertz CT molecular complexity index is 291. The van der Waals surface area contributed by atoms with E-state index in [9.17, 15) is 9.59 Å². The fourth-order valence-electron chi connectivity index (χ4n) is 2.17. The lowest BCUT2D eigenvalue weighted by molar-refractivity contribution is -0.199. The lowest BCUT2D eigenvalue weighted by atomic mass is 10.2. The van der Waals surface area contributed by atoms with Crippen LogP contribution < -0.4 is 0 Å². The Morgan fingerprint density at radius 2 is 2.33 bits per heavy atom. The van der Waals surface area contributed by atoms with Gasteiger partial charge < -0.3 is 9.47 Å². The van der Waals surface area contributed by atoms with Gasteiger partial charge in [-0.3, -0.25) is 14.5 Å². The zero-order valence-electron chi connectivity index (χ0n) is 8.93. The highest BCUT2D eigenvalue weighted by Gasteiger charge is 2.44. The van der Waals surface area contributed by atoms with E-state index in [-0.39, 0.29) is 24.0 Å².